The molecule has 5 nitrogen and oxygen atoms in total. The minimum atomic E-state index is -0.268. The summed E-state index contributed by atoms with van der Waals surface area (Å²) in [4.78, 5) is 14.0. The average Bonchev–Trinajstić information content (AvgIpc) is 2.57. The highest BCUT2D eigenvalue weighted by Gasteiger charge is 2.35. The normalized spacial score (nSPS) is 21.2. The minimum Gasteiger partial charge on any atom is -0.399 e. The number of hydrogen-bond donors (Lipinski definition) is 2. The molecule has 2 unspecified atom stereocenters. The Morgan fingerprint density at radius 1 is 1.22 bits per heavy atom. The summed E-state index contributed by atoms with van der Waals surface area (Å²) in [6.45, 7) is 2.73. The third-order valence-electron chi connectivity index (χ3n) is 4.63. The van der Waals surface area contributed by atoms with Crippen LogP contribution in [-0.2, 0) is 4.79 Å². The molecule has 5 heteroatoms. The Balaban J connectivity index is 1.91. The molecule has 1 fully saturated rings. The van der Waals surface area contributed by atoms with E-state index in [0.717, 1.165) is 36.3 Å². The molecule has 1 aromatic heterocycles. The van der Waals surface area contributed by atoms with Crippen LogP contribution in [0.3, 0.4) is 0 Å². The number of primary amides is 1. The predicted molar refractivity (Wildman–Crippen MR) is 90.8 cm³/mol. The number of piperidine rings is 1. The molecule has 0 bridgehead atoms. The number of amides is 1. The number of nitrogens with zero attached hydrogens (tertiary/aromatic N) is 2. The molecule has 4 N–H and O–H groups in total. The van der Waals surface area contributed by atoms with E-state index < -0.39 is 0 Å². The van der Waals surface area contributed by atoms with E-state index in [-0.39, 0.29) is 11.9 Å². The topological polar surface area (TPSA) is 76.2 Å². The van der Waals surface area contributed by atoms with Crippen molar-refractivity contribution in [3.05, 3.63) is 54.4 Å². The van der Waals surface area contributed by atoms with Crippen LogP contribution < -0.4 is 20.9 Å². The Morgan fingerprint density at radius 2 is 1.96 bits per heavy atom. The van der Waals surface area contributed by atoms with Crippen LogP contribution in [0, 0.1) is 6.92 Å². The van der Waals surface area contributed by atoms with Gasteiger partial charge in [-0.15, -0.1) is 0 Å². The maximum Gasteiger partial charge on any atom is 0.240 e. The van der Waals surface area contributed by atoms with E-state index in [1.807, 2.05) is 43.3 Å². The molecule has 2 atom stereocenters. The van der Waals surface area contributed by atoms with E-state index in [1.54, 1.807) is 0 Å². The molecule has 2 aromatic rings. The lowest BCUT2D eigenvalue weighted by Crippen LogP contribution is -2.56. The molecular formula is C18H23N4O+. The number of carbonyl (C=O) groups is 1. The number of nitrogen functional groups attached to an aromatic ring is 1. The summed E-state index contributed by atoms with van der Waals surface area (Å²) in [7, 11) is 0. The van der Waals surface area contributed by atoms with Crippen LogP contribution in [0.15, 0.2) is 48.8 Å². The molecule has 0 aliphatic carbocycles. The highest BCUT2D eigenvalue weighted by Crippen LogP contribution is 2.29. The monoisotopic (exact) mass is 311 g/mol. The highest BCUT2D eigenvalue weighted by atomic mass is 16.1. The molecule has 120 valence electrons. The number of aryl methyl sites for hydroxylation is 1. The van der Waals surface area contributed by atoms with Crippen molar-refractivity contribution in [2.24, 2.45) is 5.73 Å². The molecule has 3 rings (SSSR count). The van der Waals surface area contributed by atoms with Gasteiger partial charge in [0.2, 0.25) is 5.91 Å². The lowest BCUT2D eigenvalue weighted by atomic mass is 9.96. The molecule has 0 saturated carbocycles. The van der Waals surface area contributed by atoms with Gasteiger partial charge in [0, 0.05) is 29.9 Å². The Labute approximate surface area is 136 Å². The smallest absolute Gasteiger partial charge is 0.240 e. The van der Waals surface area contributed by atoms with Gasteiger partial charge in [-0.05, 0) is 37.1 Å². The number of benzene rings is 1. The van der Waals surface area contributed by atoms with Crippen molar-refractivity contribution in [2.75, 3.05) is 17.2 Å². The summed E-state index contributed by atoms with van der Waals surface area (Å²) in [6, 6.07) is 12.0. The van der Waals surface area contributed by atoms with Gasteiger partial charge in [-0.3, -0.25) is 4.79 Å². The van der Waals surface area contributed by atoms with Crippen LogP contribution >= 0.6 is 0 Å². The Kier molecular flexibility index (Phi) is 4.19. The Morgan fingerprint density at radius 3 is 2.61 bits per heavy atom. The van der Waals surface area contributed by atoms with Crippen LogP contribution in [0.1, 0.15) is 24.4 Å². The van der Waals surface area contributed by atoms with Gasteiger partial charge in [0.15, 0.2) is 18.4 Å². The van der Waals surface area contributed by atoms with Crippen molar-refractivity contribution < 1.29 is 9.36 Å². The fourth-order valence-electron chi connectivity index (χ4n) is 3.27. The maximum atomic E-state index is 11.9. The van der Waals surface area contributed by atoms with E-state index in [4.69, 9.17) is 11.5 Å². The summed E-state index contributed by atoms with van der Waals surface area (Å²) >= 11 is 0. The lowest BCUT2D eigenvalue weighted by Gasteiger charge is -2.37. The predicted octanol–water partition coefficient (Wildman–Crippen LogP) is 1.56. The summed E-state index contributed by atoms with van der Waals surface area (Å²) in [5, 5.41) is 0. The summed E-state index contributed by atoms with van der Waals surface area (Å²) in [5.74, 6) is -0.268. The van der Waals surface area contributed by atoms with Crippen LogP contribution in [-0.4, -0.2) is 18.5 Å². The molecule has 1 saturated heterocycles. The summed E-state index contributed by atoms with van der Waals surface area (Å²) in [6.07, 6.45) is 5.83. The zero-order valence-corrected chi connectivity index (χ0v) is 13.4. The minimum absolute atomic E-state index is 0.265. The fraction of sp³-hybridized carbons (Fsp3) is 0.333. The molecule has 1 aliphatic rings. The first kappa shape index (κ1) is 15.3. The average molecular weight is 311 g/mol. The molecular weight excluding hydrogens is 288 g/mol. The second-order valence-corrected chi connectivity index (χ2v) is 6.17. The molecule has 0 radical (unpaired) electrons. The van der Waals surface area contributed by atoms with Crippen LogP contribution in [0.2, 0.25) is 0 Å². The van der Waals surface area contributed by atoms with Gasteiger partial charge in [-0.25, -0.2) is 4.57 Å². The summed E-state index contributed by atoms with van der Waals surface area (Å²) < 4.78 is 2.20. The lowest BCUT2D eigenvalue weighted by molar-refractivity contribution is -0.722. The van der Waals surface area contributed by atoms with Crippen molar-refractivity contribution in [1.29, 1.82) is 0 Å². The zero-order valence-electron chi connectivity index (χ0n) is 13.4. The fourth-order valence-corrected chi connectivity index (χ4v) is 3.27. The number of aromatic nitrogens is 1. The second kappa shape index (κ2) is 6.28. The molecule has 0 spiro atoms. The van der Waals surface area contributed by atoms with Crippen LogP contribution in [0.25, 0.3) is 0 Å². The molecule has 2 heterocycles. The number of hydrogen-bond acceptors (Lipinski definition) is 3. The van der Waals surface area contributed by atoms with E-state index in [1.165, 1.54) is 0 Å². The van der Waals surface area contributed by atoms with Gasteiger partial charge >= 0.3 is 0 Å². The van der Waals surface area contributed by atoms with Gasteiger partial charge in [-0.2, -0.15) is 0 Å². The number of pyridine rings is 1. The van der Waals surface area contributed by atoms with Crippen molar-refractivity contribution >= 4 is 17.3 Å². The SMILES string of the molecule is Cc1cc(N2CC([n+]3ccccc3)CCC2C(N)=O)ccc1N. The van der Waals surface area contributed by atoms with E-state index >= 15 is 0 Å². The third-order valence-corrected chi connectivity index (χ3v) is 4.63. The van der Waals surface area contributed by atoms with Crippen LogP contribution in [0.4, 0.5) is 11.4 Å². The largest absolute Gasteiger partial charge is 0.399 e. The van der Waals surface area contributed by atoms with Crippen molar-refractivity contribution in [3.8, 4) is 0 Å². The molecule has 1 aliphatic heterocycles. The first-order valence-corrected chi connectivity index (χ1v) is 7.94. The van der Waals surface area contributed by atoms with Crippen LogP contribution in [0.5, 0.6) is 0 Å². The Bertz CT molecular complexity index is 701. The zero-order chi connectivity index (χ0) is 16.4. The van der Waals surface area contributed by atoms with E-state index in [2.05, 4.69) is 21.9 Å². The van der Waals surface area contributed by atoms with Gasteiger partial charge in [0.25, 0.3) is 0 Å². The number of rotatable bonds is 3. The molecule has 1 amide bonds. The van der Waals surface area contributed by atoms with Gasteiger partial charge in [-0.1, -0.05) is 6.07 Å². The standard InChI is InChI=1S/C18H22N4O/c1-13-11-14(5-7-16(13)19)22-12-15(6-8-17(22)18(20)23)21-9-3-2-4-10-21/h2-5,7,9-11,15,17H,6,8,12,19H2,1H3,(H-,20,23)/p+1. The third kappa shape index (κ3) is 3.13. The quantitative estimate of drug-likeness (QED) is 0.667. The number of carbonyl (C=O) groups excluding carboxylic acids is 1. The van der Waals surface area contributed by atoms with E-state index in [9.17, 15) is 4.79 Å². The number of anilines is 2. The van der Waals surface area contributed by atoms with Gasteiger partial charge in [0.1, 0.15) is 6.04 Å². The number of nitrogens with two attached hydrogens (primary N) is 2. The van der Waals surface area contributed by atoms with Crippen molar-refractivity contribution in [3.63, 3.8) is 0 Å². The summed E-state index contributed by atoms with van der Waals surface area (Å²) in [5.41, 5.74) is 14.3. The van der Waals surface area contributed by atoms with E-state index in [0.29, 0.717) is 6.04 Å². The second-order valence-electron chi connectivity index (χ2n) is 6.17. The van der Waals surface area contributed by atoms with Crippen molar-refractivity contribution in [2.45, 2.75) is 31.8 Å². The molecule has 1 aromatic carbocycles. The van der Waals surface area contributed by atoms with Crippen molar-refractivity contribution in [1.82, 2.24) is 0 Å². The van der Waals surface area contributed by atoms with Gasteiger partial charge < -0.3 is 16.4 Å². The molecule has 23 heavy (non-hydrogen) atoms. The Hall–Kier alpha value is -2.56. The van der Waals surface area contributed by atoms with Gasteiger partial charge in [0.05, 0.1) is 6.54 Å². The first-order valence-electron chi connectivity index (χ1n) is 7.94. The first-order chi connectivity index (χ1) is 11.1. The highest BCUT2D eigenvalue weighted by molar-refractivity contribution is 5.84. The maximum absolute atomic E-state index is 11.9.